The van der Waals surface area contributed by atoms with Gasteiger partial charge in [-0.05, 0) is 31.9 Å². The highest BCUT2D eigenvalue weighted by Gasteiger charge is 2.17. The molecule has 0 spiro atoms. The van der Waals surface area contributed by atoms with Gasteiger partial charge in [-0.3, -0.25) is 0 Å². The molecular weight excluding hydrogens is 290 g/mol. The van der Waals surface area contributed by atoms with Crippen molar-refractivity contribution in [1.29, 1.82) is 0 Å². The predicted octanol–water partition coefficient (Wildman–Crippen LogP) is 2.43. The predicted molar refractivity (Wildman–Crippen MR) is 72.8 cm³/mol. The lowest BCUT2D eigenvalue weighted by atomic mass is 10.2. The Kier molecular flexibility index (Phi) is 6.11. The summed E-state index contributed by atoms with van der Waals surface area (Å²) in [6.45, 7) is 1.98. The molecule has 1 rings (SSSR count). The maximum absolute atomic E-state index is 11.8. The molecule has 0 fully saturated rings. The molecule has 1 N–H and O–H groups in total. The van der Waals surface area contributed by atoms with Crippen molar-refractivity contribution in [3.8, 4) is 0 Å². The smallest absolute Gasteiger partial charge is 0.421 e. The van der Waals surface area contributed by atoms with Gasteiger partial charge >= 0.3 is 6.09 Å². The Balaban J connectivity index is 2.55. The van der Waals surface area contributed by atoms with Gasteiger partial charge in [0.05, 0.1) is 11.5 Å². The van der Waals surface area contributed by atoms with Gasteiger partial charge in [-0.15, -0.1) is 11.6 Å². The number of carbonyl (C=O) groups excluding carboxylic acids is 1. The topological polar surface area (TPSA) is 72.5 Å². The van der Waals surface area contributed by atoms with Crippen molar-refractivity contribution in [2.24, 2.45) is 0 Å². The van der Waals surface area contributed by atoms with E-state index in [-0.39, 0.29) is 11.5 Å². The molecule has 106 valence electrons. The Hall–Kier alpha value is -1.27. The molecule has 0 aromatic heterocycles. The van der Waals surface area contributed by atoms with Crippen LogP contribution in [0, 0.1) is 6.92 Å². The second-order valence-corrected chi connectivity index (χ2v) is 6.01. The van der Waals surface area contributed by atoms with Crippen LogP contribution >= 0.6 is 11.6 Å². The maximum Gasteiger partial charge on any atom is 0.421 e. The molecule has 19 heavy (non-hydrogen) atoms. The number of nitrogens with one attached hydrogen (secondary N) is 1. The summed E-state index contributed by atoms with van der Waals surface area (Å²) in [5.41, 5.74) is 0.933. The zero-order valence-electron chi connectivity index (χ0n) is 10.6. The number of hydrogen-bond acceptors (Lipinski definition) is 4. The molecule has 0 saturated carbocycles. The number of sulfonamides is 1. The van der Waals surface area contributed by atoms with Crippen LogP contribution in [0.3, 0.4) is 0 Å². The molecule has 7 heteroatoms. The highest BCUT2D eigenvalue weighted by atomic mass is 35.5. The second-order valence-electron chi connectivity index (χ2n) is 3.95. The van der Waals surface area contributed by atoms with Gasteiger partial charge in [0.2, 0.25) is 0 Å². The number of amides is 1. The van der Waals surface area contributed by atoms with E-state index in [1.807, 2.05) is 11.6 Å². The number of unbranched alkanes of at least 4 members (excludes halogenated alkanes) is 1. The van der Waals surface area contributed by atoms with E-state index in [0.717, 1.165) is 5.56 Å². The first kappa shape index (κ1) is 15.8. The van der Waals surface area contributed by atoms with Crippen molar-refractivity contribution in [3.05, 3.63) is 29.8 Å². The van der Waals surface area contributed by atoms with Gasteiger partial charge in [0.15, 0.2) is 0 Å². The Morgan fingerprint density at radius 1 is 1.26 bits per heavy atom. The summed E-state index contributed by atoms with van der Waals surface area (Å²) < 4.78 is 30.2. The van der Waals surface area contributed by atoms with Crippen molar-refractivity contribution >= 4 is 27.7 Å². The van der Waals surface area contributed by atoms with E-state index in [9.17, 15) is 13.2 Å². The Morgan fingerprint density at radius 2 is 1.89 bits per heavy atom. The van der Waals surface area contributed by atoms with Crippen LogP contribution in [-0.4, -0.2) is 27.0 Å². The van der Waals surface area contributed by atoms with Crippen LogP contribution < -0.4 is 4.72 Å². The average Bonchev–Trinajstić information content (AvgIpc) is 2.34. The van der Waals surface area contributed by atoms with Crippen molar-refractivity contribution in [2.75, 3.05) is 12.5 Å². The lowest BCUT2D eigenvalue weighted by Gasteiger charge is -2.07. The van der Waals surface area contributed by atoms with Crippen LogP contribution in [0.2, 0.25) is 0 Å². The summed E-state index contributed by atoms with van der Waals surface area (Å²) in [6.07, 6.45) is 0.330. The molecule has 0 bridgehead atoms. The van der Waals surface area contributed by atoms with Crippen molar-refractivity contribution in [3.63, 3.8) is 0 Å². The number of carbonyl (C=O) groups is 1. The number of halogens is 1. The molecule has 0 heterocycles. The van der Waals surface area contributed by atoms with Crippen LogP contribution in [0.4, 0.5) is 4.79 Å². The molecule has 0 aliphatic heterocycles. The Labute approximate surface area is 118 Å². The third kappa shape index (κ3) is 5.48. The fourth-order valence-corrected chi connectivity index (χ4v) is 2.36. The minimum atomic E-state index is -3.87. The number of benzene rings is 1. The molecular formula is C12H16ClNO4S. The molecule has 0 atom stereocenters. The van der Waals surface area contributed by atoms with Crippen molar-refractivity contribution < 1.29 is 17.9 Å². The third-order valence-electron chi connectivity index (χ3n) is 2.31. The lowest BCUT2D eigenvalue weighted by Crippen LogP contribution is -2.31. The number of alkyl halides is 1. The Bertz CT molecular complexity index is 513. The number of rotatable bonds is 6. The van der Waals surface area contributed by atoms with E-state index < -0.39 is 16.1 Å². The summed E-state index contributed by atoms with van der Waals surface area (Å²) in [7, 11) is -3.87. The van der Waals surface area contributed by atoms with Gasteiger partial charge in [0.25, 0.3) is 10.0 Å². The van der Waals surface area contributed by atoms with Crippen molar-refractivity contribution in [1.82, 2.24) is 4.72 Å². The van der Waals surface area contributed by atoms with Crippen molar-refractivity contribution in [2.45, 2.75) is 24.7 Å². The summed E-state index contributed by atoms with van der Waals surface area (Å²) >= 11 is 5.46. The van der Waals surface area contributed by atoms with E-state index in [0.29, 0.717) is 18.7 Å². The summed E-state index contributed by atoms with van der Waals surface area (Å²) in [5.74, 6) is 0.479. The summed E-state index contributed by atoms with van der Waals surface area (Å²) in [5, 5.41) is 0. The molecule has 0 aliphatic carbocycles. The van der Waals surface area contributed by atoms with Gasteiger partial charge in [-0.1, -0.05) is 17.7 Å². The second kappa shape index (κ2) is 7.35. The molecule has 0 radical (unpaired) electrons. The van der Waals surface area contributed by atoms with Crippen LogP contribution in [-0.2, 0) is 14.8 Å². The number of hydrogen-bond donors (Lipinski definition) is 1. The highest BCUT2D eigenvalue weighted by Crippen LogP contribution is 2.09. The number of aryl methyl sites for hydroxylation is 1. The average molecular weight is 306 g/mol. The van der Waals surface area contributed by atoms with E-state index in [2.05, 4.69) is 0 Å². The fourth-order valence-electron chi connectivity index (χ4n) is 1.28. The normalized spacial score (nSPS) is 11.1. The molecule has 5 nitrogen and oxygen atoms in total. The van der Waals surface area contributed by atoms with Gasteiger partial charge < -0.3 is 4.74 Å². The highest BCUT2D eigenvalue weighted by molar-refractivity contribution is 7.90. The fraction of sp³-hybridized carbons (Fsp3) is 0.417. The monoisotopic (exact) mass is 305 g/mol. The lowest BCUT2D eigenvalue weighted by molar-refractivity contribution is 0.151. The van der Waals surface area contributed by atoms with Crippen LogP contribution in [0.1, 0.15) is 18.4 Å². The molecule has 1 amide bonds. The maximum atomic E-state index is 11.8. The van der Waals surface area contributed by atoms with Gasteiger partial charge in [-0.2, -0.15) is 0 Å². The van der Waals surface area contributed by atoms with Crippen LogP contribution in [0.25, 0.3) is 0 Å². The summed E-state index contributed by atoms with van der Waals surface area (Å²) in [6, 6.07) is 6.16. The van der Waals surface area contributed by atoms with Gasteiger partial charge in [-0.25, -0.2) is 17.9 Å². The quantitative estimate of drug-likeness (QED) is 0.647. The zero-order valence-corrected chi connectivity index (χ0v) is 12.1. The largest absolute Gasteiger partial charge is 0.449 e. The first-order valence-electron chi connectivity index (χ1n) is 5.78. The molecule has 0 saturated heterocycles. The first-order valence-corrected chi connectivity index (χ1v) is 7.79. The summed E-state index contributed by atoms with van der Waals surface area (Å²) in [4.78, 5) is 11.3. The minimum absolute atomic E-state index is 0.0239. The molecule has 0 aliphatic rings. The van der Waals surface area contributed by atoms with E-state index in [4.69, 9.17) is 16.3 Å². The third-order valence-corrected chi connectivity index (χ3v) is 3.91. The van der Waals surface area contributed by atoms with E-state index in [1.54, 1.807) is 12.1 Å². The number of ether oxygens (including phenoxy) is 1. The molecule has 1 aromatic carbocycles. The van der Waals surface area contributed by atoms with Crippen LogP contribution in [0.5, 0.6) is 0 Å². The first-order chi connectivity index (χ1) is 8.95. The SMILES string of the molecule is Cc1ccc(S(=O)(=O)NC(=O)OCCCCCl)cc1. The van der Waals surface area contributed by atoms with Gasteiger partial charge in [0, 0.05) is 5.88 Å². The minimum Gasteiger partial charge on any atom is -0.449 e. The van der Waals surface area contributed by atoms with Crippen LogP contribution in [0.15, 0.2) is 29.2 Å². The van der Waals surface area contributed by atoms with E-state index in [1.165, 1.54) is 12.1 Å². The van der Waals surface area contributed by atoms with Gasteiger partial charge in [0.1, 0.15) is 0 Å². The molecule has 1 aromatic rings. The molecule has 0 unspecified atom stereocenters. The zero-order chi connectivity index (χ0) is 14.3. The standard InChI is InChI=1S/C12H16ClNO4S/c1-10-4-6-11(7-5-10)19(16,17)14-12(15)18-9-3-2-8-13/h4-7H,2-3,8-9H2,1H3,(H,14,15). The van der Waals surface area contributed by atoms with E-state index >= 15 is 0 Å². The Morgan fingerprint density at radius 3 is 2.47 bits per heavy atom.